The Balaban J connectivity index is 3.45. The molecule has 0 aliphatic rings. The van der Waals surface area contributed by atoms with Crippen molar-refractivity contribution in [1.29, 1.82) is 0 Å². The Labute approximate surface area is 107 Å². The molecule has 0 N–H and O–H groups in total. The topological polar surface area (TPSA) is 26.3 Å². The highest BCUT2D eigenvalue weighted by atomic mass is 16.5. The summed E-state index contributed by atoms with van der Waals surface area (Å²) in [6.45, 7) is 6.73. The lowest BCUT2D eigenvalue weighted by Gasteiger charge is -2.13. The standard InChI is InChI=1S/C15H30O2/c1-5-6-7-9-13(2)10-8-11-14(3)12-15(16)17-4/h13-14H,5-12H2,1-4H3. The van der Waals surface area contributed by atoms with Crippen LogP contribution in [0.25, 0.3) is 0 Å². The molecular formula is C15H30O2. The molecule has 2 unspecified atom stereocenters. The van der Waals surface area contributed by atoms with Crippen LogP contribution in [0.3, 0.4) is 0 Å². The summed E-state index contributed by atoms with van der Waals surface area (Å²) >= 11 is 0. The van der Waals surface area contributed by atoms with Gasteiger partial charge in [0.25, 0.3) is 0 Å². The molecule has 0 bridgehead atoms. The van der Waals surface area contributed by atoms with E-state index in [0.717, 1.165) is 12.3 Å². The van der Waals surface area contributed by atoms with Crippen LogP contribution in [-0.4, -0.2) is 13.1 Å². The molecule has 0 saturated heterocycles. The average Bonchev–Trinajstić information content (AvgIpc) is 2.29. The molecule has 2 heteroatoms. The van der Waals surface area contributed by atoms with Crippen molar-refractivity contribution < 1.29 is 9.53 Å². The summed E-state index contributed by atoms with van der Waals surface area (Å²) in [7, 11) is 1.46. The van der Waals surface area contributed by atoms with E-state index in [2.05, 4.69) is 25.5 Å². The second-order valence-electron chi connectivity index (χ2n) is 5.42. The molecule has 0 aliphatic heterocycles. The van der Waals surface area contributed by atoms with Gasteiger partial charge in [-0.3, -0.25) is 4.79 Å². The summed E-state index contributed by atoms with van der Waals surface area (Å²) in [4.78, 5) is 11.1. The Bertz CT molecular complexity index is 189. The first kappa shape index (κ1) is 16.5. The minimum atomic E-state index is -0.0755. The van der Waals surface area contributed by atoms with Crippen LogP contribution in [-0.2, 0) is 9.53 Å². The van der Waals surface area contributed by atoms with Gasteiger partial charge in [0.15, 0.2) is 0 Å². The van der Waals surface area contributed by atoms with E-state index < -0.39 is 0 Å². The van der Waals surface area contributed by atoms with E-state index in [-0.39, 0.29) is 5.97 Å². The van der Waals surface area contributed by atoms with Crippen LogP contribution in [0.1, 0.15) is 72.1 Å². The zero-order valence-electron chi connectivity index (χ0n) is 12.1. The molecule has 0 aromatic carbocycles. The van der Waals surface area contributed by atoms with Crippen LogP contribution in [0.2, 0.25) is 0 Å². The van der Waals surface area contributed by atoms with E-state index >= 15 is 0 Å². The molecule has 2 atom stereocenters. The maximum absolute atomic E-state index is 11.1. The molecule has 0 fully saturated rings. The van der Waals surface area contributed by atoms with Gasteiger partial charge in [-0.25, -0.2) is 0 Å². The smallest absolute Gasteiger partial charge is 0.305 e. The van der Waals surface area contributed by atoms with Gasteiger partial charge in [-0.05, 0) is 11.8 Å². The van der Waals surface area contributed by atoms with Crippen LogP contribution >= 0.6 is 0 Å². The maximum Gasteiger partial charge on any atom is 0.305 e. The fraction of sp³-hybridized carbons (Fsp3) is 0.933. The van der Waals surface area contributed by atoms with Crippen molar-refractivity contribution in [1.82, 2.24) is 0 Å². The van der Waals surface area contributed by atoms with Crippen molar-refractivity contribution in [3.8, 4) is 0 Å². The van der Waals surface area contributed by atoms with Gasteiger partial charge in [-0.2, -0.15) is 0 Å². The lowest BCUT2D eigenvalue weighted by atomic mass is 9.93. The Morgan fingerprint density at radius 1 is 1.00 bits per heavy atom. The first-order valence-corrected chi connectivity index (χ1v) is 7.16. The molecule has 0 spiro atoms. The molecule has 0 heterocycles. The summed E-state index contributed by atoms with van der Waals surface area (Å²) in [5.74, 6) is 1.23. The van der Waals surface area contributed by atoms with Gasteiger partial charge in [0.2, 0.25) is 0 Å². The van der Waals surface area contributed by atoms with E-state index in [1.54, 1.807) is 0 Å². The molecule has 0 saturated carbocycles. The zero-order valence-corrected chi connectivity index (χ0v) is 12.1. The molecule has 0 amide bonds. The zero-order chi connectivity index (χ0) is 13.1. The number of rotatable bonds is 10. The largest absolute Gasteiger partial charge is 0.469 e. The average molecular weight is 242 g/mol. The Hall–Kier alpha value is -0.530. The fourth-order valence-electron chi connectivity index (χ4n) is 2.17. The first-order valence-electron chi connectivity index (χ1n) is 7.16. The predicted octanol–water partition coefficient (Wildman–Crippen LogP) is 4.57. The second kappa shape index (κ2) is 10.6. The van der Waals surface area contributed by atoms with Gasteiger partial charge in [0, 0.05) is 6.42 Å². The Kier molecular flexibility index (Phi) is 10.3. The molecule has 17 heavy (non-hydrogen) atoms. The van der Waals surface area contributed by atoms with Crippen molar-refractivity contribution in [3.63, 3.8) is 0 Å². The number of esters is 1. The highest BCUT2D eigenvalue weighted by Gasteiger charge is 2.09. The quantitative estimate of drug-likeness (QED) is 0.414. The third-order valence-electron chi connectivity index (χ3n) is 3.44. The number of carbonyl (C=O) groups excluding carboxylic acids is 1. The third kappa shape index (κ3) is 10.3. The van der Waals surface area contributed by atoms with Crippen molar-refractivity contribution in [2.75, 3.05) is 7.11 Å². The third-order valence-corrected chi connectivity index (χ3v) is 3.44. The van der Waals surface area contributed by atoms with Crippen molar-refractivity contribution in [2.24, 2.45) is 11.8 Å². The van der Waals surface area contributed by atoms with E-state index in [0.29, 0.717) is 12.3 Å². The minimum absolute atomic E-state index is 0.0755. The molecule has 0 aromatic rings. The maximum atomic E-state index is 11.1. The summed E-state index contributed by atoms with van der Waals surface area (Å²) in [5.41, 5.74) is 0. The van der Waals surface area contributed by atoms with Crippen LogP contribution < -0.4 is 0 Å². The SMILES string of the molecule is CCCCCC(C)CCCC(C)CC(=O)OC. The molecule has 0 aliphatic carbocycles. The monoisotopic (exact) mass is 242 g/mol. The molecule has 0 radical (unpaired) electrons. The van der Waals surface area contributed by atoms with E-state index in [1.807, 2.05) is 0 Å². The van der Waals surface area contributed by atoms with Crippen molar-refractivity contribution in [2.45, 2.75) is 72.1 Å². The number of unbranched alkanes of at least 4 members (excludes halogenated alkanes) is 2. The van der Waals surface area contributed by atoms with Gasteiger partial charge < -0.3 is 4.74 Å². The summed E-state index contributed by atoms with van der Waals surface area (Å²) in [5, 5.41) is 0. The van der Waals surface area contributed by atoms with Gasteiger partial charge in [0.1, 0.15) is 0 Å². The molecule has 102 valence electrons. The van der Waals surface area contributed by atoms with E-state index in [1.165, 1.54) is 45.6 Å². The number of ether oxygens (including phenoxy) is 1. The first-order chi connectivity index (χ1) is 8.10. The van der Waals surface area contributed by atoms with E-state index in [9.17, 15) is 4.79 Å². The van der Waals surface area contributed by atoms with Gasteiger partial charge >= 0.3 is 5.97 Å². The Morgan fingerprint density at radius 3 is 2.18 bits per heavy atom. The fourth-order valence-corrected chi connectivity index (χ4v) is 2.17. The second-order valence-corrected chi connectivity index (χ2v) is 5.42. The van der Waals surface area contributed by atoms with Crippen LogP contribution in [0.15, 0.2) is 0 Å². The van der Waals surface area contributed by atoms with Crippen molar-refractivity contribution in [3.05, 3.63) is 0 Å². The number of methoxy groups -OCH3 is 1. The van der Waals surface area contributed by atoms with Crippen molar-refractivity contribution >= 4 is 5.97 Å². The summed E-state index contributed by atoms with van der Waals surface area (Å²) < 4.78 is 4.67. The van der Waals surface area contributed by atoms with Gasteiger partial charge in [0.05, 0.1) is 7.11 Å². The Morgan fingerprint density at radius 2 is 1.59 bits per heavy atom. The molecule has 2 nitrogen and oxygen atoms in total. The molecular weight excluding hydrogens is 212 g/mol. The molecule has 0 aromatic heterocycles. The highest BCUT2D eigenvalue weighted by molar-refractivity contribution is 5.69. The van der Waals surface area contributed by atoms with Crippen LogP contribution in [0, 0.1) is 11.8 Å². The van der Waals surface area contributed by atoms with Gasteiger partial charge in [-0.15, -0.1) is 0 Å². The summed E-state index contributed by atoms with van der Waals surface area (Å²) in [6.07, 6.45) is 9.66. The number of hydrogen-bond donors (Lipinski definition) is 0. The van der Waals surface area contributed by atoms with Crippen LogP contribution in [0.4, 0.5) is 0 Å². The number of carbonyl (C=O) groups is 1. The number of hydrogen-bond acceptors (Lipinski definition) is 2. The normalized spacial score (nSPS) is 14.4. The predicted molar refractivity (Wildman–Crippen MR) is 73.0 cm³/mol. The highest BCUT2D eigenvalue weighted by Crippen LogP contribution is 2.19. The van der Waals surface area contributed by atoms with Crippen LogP contribution in [0.5, 0.6) is 0 Å². The molecule has 0 rings (SSSR count). The minimum Gasteiger partial charge on any atom is -0.469 e. The lowest BCUT2D eigenvalue weighted by molar-refractivity contribution is -0.141. The lowest BCUT2D eigenvalue weighted by Crippen LogP contribution is -2.07. The van der Waals surface area contributed by atoms with E-state index in [4.69, 9.17) is 0 Å². The summed E-state index contributed by atoms with van der Waals surface area (Å²) in [6, 6.07) is 0. The van der Waals surface area contributed by atoms with Gasteiger partial charge in [-0.1, -0.05) is 65.7 Å².